The van der Waals surface area contributed by atoms with Crippen LogP contribution in [0.15, 0.2) is 70.6 Å². The van der Waals surface area contributed by atoms with Gasteiger partial charge in [-0.15, -0.1) is 0 Å². The number of aliphatic hydroxyl groups is 2. The van der Waals surface area contributed by atoms with Crippen LogP contribution in [-0.2, 0) is 75.2 Å². The van der Waals surface area contributed by atoms with Crippen molar-refractivity contribution >= 4 is 114 Å². The summed E-state index contributed by atoms with van der Waals surface area (Å²) in [6.07, 6.45) is 0.0282. The molecule has 0 radical (unpaired) electrons. The number of aliphatic hydroxyl groups excluding tert-OH is 2. The van der Waals surface area contributed by atoms with Gasteiger partial charge in [-0.3, -0.25) is 72.3 Å². The molecule has 0 aromatic heterocycles. The Morgan fingerprint density at radius 2 is 0.780 bits per heavy atom. The van der Waals surface area contributed by atoms with Crippen LogP contribution in [0, 0.1) is 0 Å². The molecule has 556 valence electrons. The first kappa shape index (κ1) is 86.7. The van der Waals surface area contributed by atoms with E-state index in [9.17, 15) is 72.5 Å². The first-order valence-corrected chi connectivity index (χ1v) is 33.5. The fourth-order valence-electron chi connectivity index (χ4n) is 9.29. The van der Waals surface area contributed by atoms with E-state index < -0.39 is 175 Å². The van der Waals surface area contributed by atoms with Crippen LogP contribution in [0.3, 0.4) is 0 Å². The molecule has 0 saturated heterocycles. The van der Waals surface area contributed by atoms with Gasteiger partial charge in [0.2, 0.25) is 76.8 Å². The molecule has 0 fully saturated rings. The van der Waals surface area contributed by atoms with Crippen LogP contribution in [0.1, 0.15) is 82.3 Å². The van der Waals surface area contributed by atoms with Crippen molar-refractivity contribution in [2.75, 3.05) is 63.9 Å². The Morgan fingerprint density at radius 1 is 0.420 bits per heavy atom. The molecule has 39 heteroatoms. The van der Waals surface area contributed by atoms with E-state index in [4.69, 9.17) is 45.9 Å². The number of unbranched alkanes of at least 4 members (excludes halogenated alkanes) is 2. The van der Waals surface area contributed by atoms with Crippen molar-refractivity contribution in [2.45, 2.75) is 150 Å². The lowest BCUT2D eigenvalue weighted by Crippen LogP contribution is -2.61. The summed E-state index contributed by atoms with van der Waals surface area (Å²) in [4.78, 5) is 182. The number of benzene rings is 2. The Hall–Kier alpha value is -9.41. The SMILES string of the molecule is C[C@@H](O)[C@H](NC(=O)[C@H](Cc1ccccc1)NC(=O)CNC(=O)CNC(=O)[C@@H](N)Cc1ccccc1)C(=O)NCC(=O)N[C@@H](CS)C(=O)N[C@@H](CCCN=C(N)N)C(=O)N[C@@H](CCCCN)C(=O)N[C@@H](CO)C(=O)N[C@@H](CS)C(=O)N[C@@H](CCCN=C(N)N)C(=O)N[C@@H](CCCCN)C(N)=O. The van der Waals surface area contributed by atoms with E-state index in [0.717, 1.165) is 12.5 Å². The van der Waals surface area contributed by atoms with Gasteiger partial charge >= 0.3 is 0 Å². The van der Waals surface area contributed by atoms with Gasteiger partial charge < -0.3 is 120 Å². The normalized spacial score (nSPS) is 14.2. The van der Waals surface area contributed by atoms with Gasteiger partial charge in [0.05, 0.1) is 38.4 Å². The van der Waals surface area contributed by atoms with Gasteiger partial charge in [0.1, 0.15) is 54.4 Å². The standard InChI is InChI=1S/C61H100N22O15S2/c1-34(85)49(83-55(94)42(27-36-16-6-3-7-17-36)75-47(87)29-72-46(86)28-73-51(90)37(64)26-35-14-4-2-5-15-35)59(98)74-30-48(88)76-44(32-99)57(96)79-41(21-13-25-71-61(68)69)53(92)78-39(19-9-11-23-63)54(93)81-43(31-84)56(95)82-45(33-100)58(97)80-40(20-12-24-70-60(66)67)52(91)77-38(50(65)89)18-8-10-22-62/h2-7,14-17,34,37-45,49,84-85,99-100H,8-13,18-33,62-64H2,1H3,(H2,65,89)(H,72,86)(H,73,90)(H,74,98)(H,75,87)(H,76,88)(H,77,91)(H,78,92)(H,79,96)(H,80,97)(H,81,93)(H,82,95)(H,83,94)(H4,66,67,70)(H4,68,69,71)/t34-,37+,38+,39+,40+,41+,42+,43+,44+,45+,49+/m1/s1. The second-order valence-electron chi connectivity index (χ2n) is 22.9. The molecule has 0 saturated carbocycles. The van der Waals surface area contributed by atoms with Gasteiger partial charge in [-0.05, 0) is 102 Å². The second-order valence-corrected chi connectivity index (χ2v) is 23.7. The largest absolute Gasteiger partial charge is 0.394 e. The minimum atomic E-state index is -1.77. The van der Waals surface area contributed by atoms with E-state index in [1.165, 1.54) is 0 Å². The number of nitrogens with two attached hydrogens (primary N) is 8. The predicted octanol–water partition coefficient (Wildman–Crippen LogP) is -9.41. The van der Waals surface area contributed by atoms with E-state index in [1.54, 1.807) is 60.7 Å². The average Bonchev–Trinajstić information content (AvgIpc) is 0.875. The van der Waals surface area contributed by atoms with Crippen molar-refractivity contribution in [1.82, 2.24) is 63.8 Å². The summed E-state index contributed by atoms with van der Waals surface area (Å²) in [5.41, 5.74) is 46.1. The van der Waals surface area contributed by atoms with Crippen LogP contribution in [-0.4, -0.2) is 229 Å². The zero-order valence-electron chi connectivity index (χ0n) is 55.8. The van der Waals surface area contributed by atoms with Gasteiger partial charge in [0, 0.05) is 31.0 Å². The molecule has 0 aliphatic carbocycles. The zero-order valence-corrected chi connectivity index (χ0v) is 57.6. The first-order chi connectivity index (χ1) is 47.6. The van der Waals surface area contributed by atoms with Gasteiger partial charge in [-0.25, -0.2) is 0 Å². The molecular weight excluding hydrogens is 1340 g/mol. The Labute approximate surface area is 589 Å². The molecule has 11 atom stereocenters. The molecule has 2 aromatic rings. The Bertz CT molecular complexity index is 3040. The Kier molecular flexibility index (Phi) is 41.9. The number of amides is 13. The number of hydrogen-bond acceptors (Lipinski definition) is 22. The topological polar surface area (TPSA) is 640 Å². The fraction of sp³-hybridized carbons (Fsp3) is 0.557. The third-order valence-corrected chi connectivity index (χ3v) is 15.5. The number of primary amides is 1. The molecule has 2 rings (SSSR count). The quantitative estimate of drug-likeness (QED) is 0.0127. The van der Waals surface area contributed by atoms with Crippen LogP contribution < -0.4 is 110 Å². The first-order valence-electron chi connectivity index (χ1n) is 32.3. The minimum absolute atomic E-state index is 0.0435. The van der Waals surface area contributed by atoms with Crippen molar-refractivity contribution < 1.29 is 72.5 Å². The highest BCUT2D eigenvalue weighted by molar-refractivity contribution is 7.80. The number of hydrogen-bond donors (Lipinski definition) is 24. The highest BCUT2D eigenvalue weighted by Gasteiger charge is 2.35. The maximum Gasteiger partial charge on any atom is 0.245 e. The number of aliphatic imine (C=N–C) groups is 2. The lowest BCUT2D eigenvalue weighted by Gasteiger charge is -2.27. The number of carbonyl (C=O) groups is 13. The number of guanidine groups is 2. The van der Waals surface area contributed by atoms with Crippen molar-refractivity contribution in [3.8, 4) is 0 Å². The Morgan fingerprint density at radius 3 is 1.22 bits per heavy atom. The van der Waals surface area contributed by atoms with E-state index in [-0.39, 0.29) is 95.1 Å². The van der Waals surface area contributed by atoms with E-state index in [0.29, 0.717) is 31.4 Å². The predicted molar refractivity (Wildman–Crippen MR) is 376 cm³/mol. The maximum absolute atomic E-state index is 14.2. The summed E-state index contributed by atoms with van der Waals surface area (Å²) in [6.45, 7) is -1.40. The summed E-state index contributed by atoms with van der Waals surface area (Å²) >= 11 is 8.40. The van der Waals surface area contributed by atoms with Crippen LogP contribution >= 0.6 is 25.3 Å². The van der Waals surface area contributed by atoms with Crippen molar-refractivity contribution in [3.05, 3.63) is 71.8 Å². The lowest BCUT2D eigenvalue weighted by atomic mass is 10.0. The molecule has 0 aliphatic rings. The monoisotopic (exact) mass is 1440 g/mol. The highest BCUT2D eigenvalue weighted by atomic mass is 32.1. The molecule has 0 aliphatic heterocycles. The van der Waals surface area contributed by atoms with Crippen LogP contribution in [0.5, 0.6) is 0 Å². The molecule has 2 aromatic carbocycles. The van der Waals surface area contributed by atoms with E-state index in [1.807, 2.05) is 0 Å². The number of carbonyl (C=O) groups excluding carboxylic acids is 13. The summed E-state index contributed by atoms with van der Waals surface area (Å²) in [5, 5.41) is 50.2. The third kappa shape index (κ3) is 34.9. The van der Waals surface area contributed by atoms with Crippen LogP contribution in [0.2, 0.25) is 0 Å². The summed E-state index contributed by atoms with van der Waals surface area (Å²) in [6, 6.07) is 3.02. The maximum atomic E-state index is 14.2. The van der Waals surface area contributed by atoms with E-state index in [2.05, 4.69) is 99.0 Å². The van der Waals surface area contributed by atoms with Crippen molar-refractivity contribution in [3.63, 3.8) is 0 Å². The molecule has 0 spiro atoms. The zero-order chi connectivity index (χ0) is 74.7. The molecule has 30 N–H and O–H groups in total. The molecule has 100 heavy (non-hydrogen) atoms. The fourth-order valence-corrected chi connectivity index (χ4v) is 9.80. The van der Waals surface area contributed by atoms with Gasteiger partial charge in [-0.2, -0.15) is 25.3 Å². The summed E-state index contributed by atoms with van der Waals surface area (Å²) in [7, 11) is 0. The highest BCUT2D eigenvalue weighted by Crippen LogP contribution is 2.10. The molecule has 0 heterocycles. The lowest BCUT2D eigenvalue weighted by molar-refractivity contribution is -0.136. The van der Waals surface area contributed by atoms with E-state index >= 15 is 0 Å². The molecule has 0 unspecified atom stereocenters. The third-order valence-electron chi connectivity index (χ3n) is 14.7. The minimum Gasteiger partial charge on any atom is -0.394 e. The molecular formula is C61H100N22O15S2. The number of nitrogens with one attached hydrogen (secondary N) is 12. The number of rotatable bonds is 49. The van der Waals surface area contributed by atoms with Crippen LogP contribution in [0.4, 0.5) is 0 Å². The van der Waals surface area contributed by atoms with Gasteiger partial charge in [0.15, 0.2) is 11.9 Å². The van der Waals surface area contributed by atoms with Crippen molar-refractivity contribution in [1.29, 1.82) is 0 Å². The summed E-state index contributed by atoms with van der Waals surface area (Å²) in [5.74, 6) is -13.2. The van der Waals surface area contributed by atoms with Crippen molar-refractivity contribution in [2.24, 2.45) is 55.9 Å². The smallest absolute Gasteiger partial charge is 0.245 e. The summed E-state index contributed by atoms with van der Waals surface area (Å²) < 4.78 is 0. The van der Waals surface area contributed by atoms with Gasteiger partial charge in [-0.1, -0.05) is 60.7 Å². The van der Waals surface area contributed by atoms with Crippen LogP contribution in [0.25, 0.3) is 0 Å². The molecule has 0 bridgehead atoms. The average molecular weight is 1450 g/mol. The number of thiol groups is 2. The molecule has 13 amide bonds. The second kappa shape index (κ2) is 48.4. The van der Waals surface area contributed by atoms with Gasteiger partial charge in [0.25, 0.3) is 0 Å². The molecule has 37 nitrogen and oxygen atoms in total. The Balaban J connectivity index is 2.23. The number of nitrogens with zero attached hydrogens (tertiary/aromatic N) is 2.